The fourth-order valence-electron chi connectivity index (χ4n) is 3.31. The number of benzene rings is 1. The Bertz CT molecular complexity index is 1140. The highest BCUT2D eigenvalue weighted by molar-refractivity contribution is 7.99. The summed E-state index contributed by atoms with van der Waals surface area (Å²) in [7, 11) is 2.57. The smallest absolute Gasteiger partial charge is 0.410 e. The molecule has 0 saturated carbocycles. The second-order valence-corrected chi connectivity index (χ2v) is 9.67. The lowest BCUT2D eigenvalue weighted by Gasteiger charge is -2.36. The number of methoxy groups -OCH3 is 1. The Hall–Kier alpha value is -3.34. The molecule has 3 rings (SSSR count). The van der Waals surface area contributed by atoms with Gasteiger partial charge in [-0.1, -0.05) is 18.2 Å². The Morgan fingerprint density at radius 1 is 1.12 bits per heavy atom. The molecule has 1 amide bonds. The summed E-state index contributed by atoms with van der Waals surface area (Å²) in [5.41, 5.74) is -1.71. The number of hydrogen-bond donors (Lipinski definition) is 0. The summed E-state index contributed by atoms with van der Waals surface area (Å²) in [5, 5.41) is 0. The standard InChI is InChI=1S/C23H27N3O7S/c1-23(2,3)33-22(30)26-11-12-34-13-15(26)18-24-16(21(29)31-5)17(19(27)25(18)4)32-20(28)14-9-7-6-8-10-14/h6-10,15H,11-13H2,1-5H3. The average Bonchev–Trinajstić information content (AvgIpc) is 2.81. The van der Waals surface area contributed by atoms with Crippen molar-refractivity contribution in [2.45, 2.75) is 32.4 Å². The molecule has 1 unspecified atom stereocenters. The predicted octanol–water partition coefficient (Wildman–Crippen LogP) is 2.81. The monoisotopic (exact) mass is 489 g/mol. The van der Waals surface area contributed by atoms with Crippen LogP contribution in [-0.4, -0.2) is 63.2 Å². The van der Waals surface area contributed by atoms with Crippen LogP contribution in [0, 0.1) is 0 Å². The van der Waals surface area contributed by atoms with E-state index in [1.807, 2.05) is 0 Å². The van der Waals surface area contributed by atoms with Crippen LogP contribution in [0.2, 0.25) is 0 Å². The van der Waals surface area contributed by atoms with Crippen LogP contribution in [0.3, 0.4) is 0 Å². The molecule has 0 spiro atoms. The minimum absolute atomic E-state index is 0.156. The molecule has 1 aromatic heterocycles. The van der Waals surface area contributed by atoms with Crippen molar-refractivity contribution in [3.8, 4) is 5.75 Å². The van der Waals surface area contributed by atoms with E-state index < -0.39 is 46.7 Å². The van der Waals surface area contributed by atoms with E-state index in [1.54, 1.807) is 50.7 Å². The Labute approximate surface area is 201 Å². The third kappa shape index (κ3) is 5.58. The molecule has 1 atom stereocenters. The molecule has 0 bridgehead atoms. The number of nitrogens with zero attached hydrogens (tertiary/aromatic N) is 3. The molecule has 1 fully saturated rings. The van der Waals surface area contributed by atoms with Crippen LogP contribution in [0.5, 0.6) is 5.75 Å². The van der Waals surface area contributed by atoms with E-state index in [1.165, 1.54) is 28.6 Å². The van der Waals surface area contributed by atoms with E-state index in [-0.39, 0.29) is 11.4 Å². The van der Waals surface area contributed by atoms with Gasteiger partial charge in [-0.3, -0.25) is 14.3 Å². The maximum Gasteiger partial charge on any atom is 0.410 e. The van der Waals surface area contributed by atoms with Gasteiger partial charge in [-0.25, -0.2) is 19.4 Å². The van der Waals surface area contributed by atoms with Crippen molar-refractivity contribution in [3.05, 3.63) is 57.8 Å². The normalized spacial score (nSPS) is 16.0. The zero-order valence-electron chi connectivity index (χ0n) is 19.7. The third-order valence-corrected chi connectivity index (χ3v) is 5.94. The zero-order valence-corrected chi connectivity index (χ0v) is 20.5. The van der Waals surface area contributed by atoms with E-state index in [4.69, 9.17) is 14.2 Å². The highest BCUT2D eigenvalue weighted by Gasteiger charge is 2.36. The number of esters is 2. The quantitative estimate of drug-likeness (QED) is 0.598. The van der Waals surface area contributed by atoms with Gasteiger partial charge in [-0.2, -0.15) is 11.8 Å². The molecule has 0 aliphatic carbocycles. The minimum Gasteiger partial charge on any atom is -0.464 e. The zero-order chi connectivity index (χ0) is 25.0. The molecule has 2 heterocycles. The number of carbonyl (C=O) groups excluding carboxylic acids is 3. The van der Waals surface area contributed by atoms with Crippen molar-refractivity contribution < 1.29 is 28.6 Å². The first-order valence-corrected chi connectivity index (χ1v) is 11.7. The Morgan fingerprint density at radius 3 is 2.41 bits per heavy atom. The van der Waals surface area contributed by atoms with Crippen LogP contribution >= 0.6 is 11.8 Å². The van der Waals surface area contributed by atoms with Crippen LogP contribution in [0.1, 0.15) is 53.5 Å². The number of thioether (sulfide) groups is 1. The lowest BCUT2D eigenvalue weighted by Crippen LogP contribution is -2.45. The summed E-state index contributed by atoms with van der Waals surface area (Å²) in [6.07, 6.45) is -0.550. The molecule has 10 nitrogen and oxygen atoms in total. The molecule has 0 radical (unpaired) electrons. The molecule has 1 saturated heterocycles. The van der Waals surface area contributed by atoms with Gasteiger partial charge in [-0.15, -0.1) is 0 Å². The SMILES string of the molecule is COC(=O)c1nc(C2CSCCN2C(=O)OC(C)(C)C)n(C)c(=O)c1OC(=O)c1ccccc1. The molecule has 1 aliphatic rings. The second kappa shape index (κ2) is 10.3. The predicted molar refractivity (Wildman–Crippen MR) is 125 cm³/mol. The fourth-order valence-corrected chi connectivity index (χ4v) is 4.35. The summed E-state index contributed by atoms with van der Waals surface area (Å²) in [6.45, 7) is 5.66. The molecular formula is C23H27N3O7S. The van der Waals surface area contributed by atoms with E-state index in [0.717, 1.165) is 7.11 Å². The van der Waals surface area contributed by atoms with Crippen molar-refractivity contribution in [2.24, 2.45) is 7.05 Å². The Morgan fingerprint density at radius 2 is 1.79 bits per heavy atom. The lowest BCUT2D eigenvalue weighted by atomic mass is 10.2. The highest BCUT2D eigenvalue weighted by atomic mass is 32.2. The summed E-state index contributed by atoms with van der Waals surface area (Å²) in [4.78, 5) is 57.0. The molecule has 0 N–H and O–H groups in total. The molecule has 1 aromatic carbocycles. The van der Waals surface area contributed by atoms with Gasteiger partial charge in [0.15, 0.2) is 5.69 Å². The van der Waals surface area contributed by atoms with Crippen LogP contribution in [-0.2, 0) is 16.5 Å². The van der Waals surface area contributed by atoms with Crippen LogP contribution in [0.25, 0.3) is 0 Å². The Kier molecular flexibility index (Phi) is 7.65. The van der Waals surface area contributed by atoms with Crippen molar-refractivity contribution >= 4 is 29.8 Å². The highest BCUT2D eigenvalue weighted by Crippen LogP contribution is 2.30. The van der Waals surface area contributed by atoms with Gasteiger partial charge in [0, 0.05) is 25.1 Å². The molecule has 1 aliphatic heterocycles. The number of amides is 1. The van der Waals surface area contributed by atoms with Crippen molar-refractivity contribution in [1.82, 2.24) is 14.5 Å². The average molecular weight is 490 g/mol. The summed E-state index contributed by atoms with van der Waals surface area (Å²) < 4.78 is 16.8. The van der Waals surface area contributed by atoms with Crippen molar-refractivity contribution in [1.29, 1.82) is 0 Å². The third-order valence-electron chi connectivity index (χ3n) is 4.92. The number of ether oxygens (including phenoxy) is 3. The van der Waals surface area contributed by atoms with Crippen LogP contribution < -0.4 is 10.3 Å². The van der Waals surface area contributed by atoms with E-state index in [0.29, 0.717) is 18.1 Å². The largest absolute Gasteiger partial charge is 0.464 e. The second-order valence-electron chi connectivity index (χ2n) is 8.52. The number of rotatable bonds is 4. The van der Waals surface area contributed by atoms with Gasteiger partial charge in [0.2, 0.25) is 5.75 Å². The summed E-state index contributed by atoms with van der Waals surface area (Å²) in [6, 6.07) is 7.40. The number of carbonyl (C=O) groups is 3. The molecule has 11 heteroatoms. The van der Waals surface area contributed by atoms with Gasteiger partial charge in [0.25, 0.3) is 5.56 Å². The van der Waals surface area contributed by atoms with Crippen molar-refractivity contribution in [3.63, 3.8) is 0 Å². The Balaban J connectivity index is 2.06. The fraction of sp³-hybridized carbons (Fsp3) is 0.435. The van der Waals surface area contributed by atoms with Crippen LogP contribution in [0.4, 0.5) is 4.79 Å². The maximum absolute atomic E-state index is 13.2. The van der Waals surface area contributed by atoms with E-state index >= 15 is 0 Å². The summed E-state index contributed by atoms with van der Waals surface area (Å²) in [5.74, 6) is -1.03. The minimum atomic E-state index is -0.943. The van der Waals surface area contributed by atoms with Crippen LogP contribution in [0.15, 0.2) is 35.1 Å². The molecule has 182 valence electrons. The maximum atomic E-state index is 13.2. The first-order chi connectivity index (χ1) is 16.0. The van der Waals surface area contributed by atoms with Gasteiger partial charge in [0.05, 0.1) is 12.7 Å². The van der Waals surface area contributed by atoms with Gasteiger partial charge in [0.1, 0.15) is 17.5 Å². The first kappa shape index (κ1) is 25.3. The molecular weight excluding hydrogens is 462 g/mol. The number of hydrogen-bond acceptors (Lipinski definition) is 9. The topological polar surface area (TPSA) is 117 Å². The van der Waals surface area contributed by atoms with E-state index in [2.05, 4.69) is 4.98 Å². The van der Waals surface area contributed by atoms with E-state index in [9.17, 15) is 19.2 Å². The van der Waals surface area contributed by atoms with Gasteiger partial charge < -0.3 is 14.2 Å². The summed E-state index contributed by atoms with van der Waals surface area (Å²) >= 11 is 1.58. The first-order valence-electron chi connectivity index (χ1n) is 10.6. The molecule has 2 aromatic rings. The lowest BCUT2D eigenvalue weighted by molar-refractivity contribution is 0.0174. The van der Waals surface area contributed by atoms with Crippen molar-refractivity contribution in [2.75, 3.05) is 25.2 Å². The number of aromatic nitrogens is 2. The van der Waals surface area contributed by atoms with Gasteiger partial charge >= 0.3 is 18.0 Å². The van der Waals surface area contributed by atoms with Gasteiger partial charge in [-0.05, 0) is 32.9 Å². The molecule has 34 heavy (non-hydrogen) atoms.